The summed E-state index contributed by atoms with van der Waals surface area (Å²) in [7, 11) is 1.73. The van der Waals surface area contributed by atoms with Gasteiger partial charge in [0.2, 0.25) is 5.91 Å². The maximum absolute atomic E-state index is 12.2. The van der Waals surface area contributed by atoms with Gasteiger partial charge in [0.1, 0.15) is 5.69 Å². The van der Waals surface area contributed by atoms with E-state index >= 15 is 0 Å². The van der Waals surface area contributed by atoms with E-state index in [1.807, 2.05) is 29.3 Å². The van der Waals surface area contributed by atoms with Gasteiger partial charge >= 0.3 is 0 Å². The molecule has 0 radical (unpaired) electrons. The summed E-state index contributed by atoms with van der Waals surface area (Å²) in [4.78, 5) is 16.9. The Morgan fingerprint density at radius 2 is 2.15 bits per heavy atom. The van der Waals surface area contributed by atoms with Crippen molar-refractivity contribution >= 4 is 16.8 Å². The van der Waals surface area contributed by atoms with Crippen LogP contribution in [0.25, 0.3) is 33.8 Å². The molecule has 11 heteroatoms. The lowest BCUT2D eigenvalue weighted by Crippen LogP contribution is -2.40. The van der Waals surface area contributed by atoms with Crippen LogP contribution in [-0.4, -0.2) is 65.9 Å². The number of hydrogen-bond donors (Lipinski definition) is 3. The number of H-pyrrole nitrogens is 1. The highest BCUT2D eigenvalue weighted by molar-refractivity contribution is 6.02. The molecule has 5 rings (SSSR count). The number of nitrogens with two attached hydrogens (primary N) is 1. The summed E-state index contributed by atoms with van der Waals surface area (Å²) in [5.41, 5.74) is 9.12. The Labute approximate surface area is 196 Å². The summed E-state index contributed by atoms with van der Waals surface area (Å²) in [6.45, 7) is 8.23. The second kappa shape index (κ2) is 8.33. The first-order chi connectivity index (χ1) is 16.3. The number of aryl methyl sites for hydroxylation is 2. The molecule has 2 unspecified atom stereocenters. The molecule has 4 N–H and O–H groups in total. The van der Waals surface area contributed by atoms with Gasteiger partial charge in [-0.1, -0.05) is 0 Å². The van der Waals surface area contributed by atoms with Gasteiger partial charge in [0.25, 0.3) is 0 Å². The van der Waals surface area contributed by atoms with E-state index in [4.69, 9.17) is 15.5 Å². The summed E-state index contributed by atoms with van der Waals surface area (Å²) >= 11 is 0. The molecule has 1 amide bonds. The molecular formula is C23H29N9O2. The quantitative estimate of drug-likeness (QED) is 0.380. The lowest BCUT2D eigenvalue weighted by atomic mass is 9.99. The molecule has 1 fully saturated rings. The summed E-state index contributed by atoms with van der Waals surface area (Å²) < 4.78 is 9.29. The van der Waals surface area contributed by atoms with E-state index in [-0.39, 0.29) is 11.6 Å². The van der Waals surface area contributed by atoms with Crippen molar-refractivity contribution in [1.82, 2.24) is 40.1 Å². The third-order valence-electron chi connectivity index (χ3n) is 6.48. The van der Waals surface area contributed by atoms with Crippen LogP contribution in [0, 0.1) is 6.92 Å². The van der Waals surface area contributed by atoms with E-state index in [0.29, 0.717) is 35.9 Å². The number of aromatic amines is 1. The standard InChI is InChI=1S/C23H29N9O2/c1-5-31-19(6-13(2)30-31)22-27-21(28-29-22)16-7-14(20(24)33)8-18-17(16)11-26-32(18)12-23(3)9-15(34-4)10-25-23/h6-8,11,15,25H,5,9-10,12H2,1-4H3,(H2,24,33)(H,27,28,29). The van der Waals surface area contributed by atoms with Gasteiger partial charge in [0, 0.05) is 42.3 Å². The van der Waals surface area contributed by atoms with Crippen LogP contribution in [0.2, 0.25) is 0 Å². The summed E-state index contributed by atoms with van der Waals surface area (Å²) in [5.74, 6) is 0.556. The first-order valence-electron chi connectivity index (χ1n) is 11.3. The Bertz CT molecular complexity index is 1370. The Balaban J connectivity index is 1.57. The van der Waals surface area contributed by atoms with Gasteiger partial charge in [0.15, 0.2) is 11.6 Å². The lowest BCUT2D eigenvalue weighted by molar-refractivity contribution is 0.100. The van der Waals surface area contributed by atoms with E-state index in [0.717, 1.165) is 35.3 Å². The van der Waals surface area contributed by atoms with Crippen molar-refractivity contribution in [3.63, 3.8) is 0 Å². The van der Waals surface area contributed by atoms with Crippen molar-refractivity contribution in [3.8, 4) is 22.9 Å². The van der Waals surface area contributed by atoms with E-state index in [1.54, 1.807) is 25.4 Å². The predicted molar refractivity (Wildman–Crippen MR) is 127 cm³/mol. The number of nitrogens with one attached hydrogen (secondary N) is 2. The predicted octanol–water partition coefficient (Wildman–Crippen LogP) is 1.88. The molecular weight excluding hydrogens is 434 g/mol. The van der Waals surface area contributed by atoms with Gasteiger partial charge in [-0.3, -0.25) is 19.3 Å². The zero-order valence-electron chi connectivity index (χ0n) is 19.8. The summed E-state index contributed by atoms with van der Waals surface area (Å²) in [6.07, 6.45) is 2.82. The largest absolute Gasteiger partial charge is 0.380 e. The van der Waals surface area contributed by atoms with Gasteiger partial charge in [-0.05, 0) is 45.4 Å². The zero-order valence-corrected chi connectivity index (χ0v) is 19.8. The summed E-state index contributed by atoms with van der Waals surface area (Å²) in [6, 6.07) is 5.47. The number of primary amides is 1. The number of carbonyl (C=O) groups excluding carboxylic acids is 1. The number of carbonyl (C=O) groups is 1. The minimum atomic E-state index is -0.518. The highest BCUT2D eigenvalue weighted by Gasteiger charge is 2.35. The molecule has 4 heterocycles. The molecule has 0 saturated carbocycles. The number of fused-ring (bicyclic) bond motifs is 1. The van der Waals surface area contributed by atoms with E-state index < -0.39 is 5.91 Å². The Kier molecular flexibility index (Phi) is 5.45. The number of rotatable bonds is 7. The fourth-order valence-corrected chi connectivity index (χ4v) is 4.73. The fraction of sp³-hybridized carbons (Fsp3) is 0.435. The third kappa shape index (κ3) is 3.86. The average molecular weight is 464 g/mol. The molecule has 1 aromatic carbocycles. The maximum Gasteiger partial charge on any atom is 0.248 e. The van der Waals surface area contributed by atoms with Gasteiger partial charge < -0.3 is 15.8 Å². The molecule has 1 saturated heterocycles. The molecule has 1 aliphatic heterocycles. The number of nitrogens with zero attached hydrogens (tertiary/aromatic N) is 6. The minimum Gasteiger partial charge on any atom is -0.380 e. The highest BCUT2D eigenvalue weighted by Crippen LogP contribution is 2.31. The Morgan fingerprint density at radius 3 is 2.85 bits per heavy atom. The van der Waals surface area contributed by atoms with Crippen LogP contribution in [0.15, 0.2) is 24.4 Å². The zero-order chi connectivity index (χ0) is 24.0. The number of amides is 1. The minimum absolute atomic E-state index is 0.162. The van der Waals surface area contributed by atoms with Crippen LogP contribution >= 0.6 is 0 Å². The molecule has 3 aromatic heterocycles. The summed E-state index contributed by atoms with van der Waals surface area (Å²) in [5, 5.41) is 21.0. The van der Waals surface area contributed by atoms with Gasteiger partial charge in [-0.2, -0.15) is 15.3 Å². The van der Waals surface area contributed by atoms with Crippen molar-refractivity contribution in [2.45, 2.75) is 51.9 Å². The first-order valence-corrected chi connectivity index (χ1v) is 11.3. The molecule has 34 heavy (non-hydrogen) atoms. The van der Waals surface area contributed by atoms with Crippen LogP contribution in [0.3, 0.4) is 0 Å². The molecule has 2 atom stereocenters. The second-order valence-electron chi connectivity index (χ2n) is 9.12. The third-order valence-corrected chi connectivity index (χ3v) is 6.48. The number of hydrogen-bond acceptors (Lipinski definition) is 7. The molecule has 0 bridgehead atoms. The molecule has 178 valence electrons. The topological polar surface area (TPSA) is 142 Å². The first kappa shape index (κ1) is 22.2. The van der Waals surface area contributed by atoms with Crippen LogP contribution in [0.5, 0.6) is 0 Å². The Morgan fingerprint density at radius 1 is 1.32 bits per heavy atom. The Hall–Kier alpha value is -3.57. The van der Waals surface area contributed by atoms with Gasteiger partial charge in [-0.25, -0.2) is 4.98 Å². The average Bonchev–Trinajstić information content (AvgIpc) is 3.59. The smallest absolute Gasteiger partial charge is 0.248 e. The van der Waals surface area contributed by atoms with Crippen molar-refractivity contribution < 1.29 is 9.53 Å². The molecule has 11 nitrogen and oxygen atoms in total. The number of ether oxygens (including phenoxy) is 1. The van der Waals surface area contributed by atoms with Crippen molar-refractivity contribution in [3.05, 3.63) is 35.7 Å². The molecule has 0 spiro atoms. The van der Waals surface area contributed by atoms with Crippen LogP contribution in [0.1, 0.15) is 36.3 Å². The van der Waals surface area contributed by atoms with E-state index in [2.05, 4.69) is 32.6 Å². The van der Waals surface area contributed by atoms with Crippen LogP contribution in [-0.2, 0) is 17.8 Å². The van der Waals surface area contributed by atoms with Gasteiger partial charge in [0.05, 0.1) is 30.1 Å². The number of aromatic nitrogens is 7. The number of benzene rings is 1. The van der Waals surface area contributed by atoms with Crippen LogP contribution < -0.4 is 11.1 Å². The fourth-order valence-electron chi connectivity index (χ4n) is 4.73. The van der Waals surface area contributed by atoms with Crippen molar-refractivity contribution in [2.24, 2.45) is 5.73 Å². The maximum atomic E-state index is 12.2. The monoisotopic (exact) mass is 463 g/mol. The van der Waals surface area contributed by atoms with E-state index in [9.17, 15) is 4.79 Å². The molecule has 1 aliphatic rings. The SMILES string of the molecule is CCn1nc(C)cc1-c1nc(-c2cc(C(N)=O)cc3c2cnn3CC2(C)CC(OC)CN2)n[nH]1. The molecule has 0 aliphatic carbocycles. The van der Waals surface area contributed by atoms with Crippen molar-refractivity contribution in [2.75, 3.05) is 13.7 Å². The second-order valence-corrected chi connectivity index (χ2v) is 9.12. The lowest BCUT2D eigenvalue weighted by Gasteiger charge is -2.24. The highest BCUT2D eigenvalue weighted by atomic mass is 16.5. The number of methoxy groups -OCH3 is 1. The van der Waals surface area contributed by atoms with Gasteiger partial charge in [-0.15, -0.1) is 0 Å². The van der Waals surface area contributed by atoms with Crippen molar-refractivity contribution in [1.29, 1.82) is 0 Å². The van der Waals surface area contributed by atoms with E-state index in [1.165, 1.54) is 0 Å². The van der Waals surface area contributed by atoms with Crippen LogP contribution in [0.4, 0.5) is 0 Å². The molecule has 4 aromatic rings. The normalized spacial score (nSPS) is 20.4.